The Kier molecular flexibility index (Phi) is 9.78. The third-order valence-electron chi connectivity index (χ3n) is 6.08. The number of aromatic nitrogens is 1. The molecule has 200 valence electrons. The number of carbonyl (C=O) groups is 4. The number of rotatable bonds is 5. The van der Waals surface area contributed by atoms with Crippen LogP contribution in [0.25, 0.3) is 0 Å². The van der Waals surface area contributed by atoms with Gasteiger partial charge < -0.3 is 30.8 Å². The SMILES string of the molecule is CC(C)C(=O)N[C@H]1CCCCNC(=O)[C@H]([C@@H](C)O)NC(=O)c2coc(n2)[C@H](Cc2ccccc2)NC1=O. The van der Waals surface area contributed by atoms with Gasteiger partial charge in [0.2, 0.25) is 23.6 Å². The summed E-state index contributed by atoms with van der Waals surface area (Å²) in [6.07, 6.45) is 1.75. The lowest BCUT2D eigenvalue weighted by atomic mass is 10.0. The highest BCUT2D eigenvalue weighted by Crippen LogP contribution is 2.20. The largest absolute Gasteiger partial charge is 0.446 e. The number of benzene rings is 1. The molecule has 4 amide bonds. The van der Waals surface area contributed by atoms with Gasteiger partial charge in [-0.3, -0.25) is 19.2 Å². The molecule has 1 aliphatic heterocycles. The fourth-order valence-corrected chi connectivity index (χ4v) is 3.90. The minimum Gasteiger partial charge on any atom is -0.446 e. The Morgan fingerprint density at radius 1 is 1.11 bits per heavy atom. The lowest BCUT2D eigenvalue weighted by Crippen LogP contribution is -2.52. The summed E-state index contributed by atoms with van der Waals surface area (Å²) >= 11 is 0. The fourth-order valence-electron chi connectivity index (χ4n) is 3.90. The zero-order valence-electron chi connectivity index (χ0n) is 21.3. The standard InChI is InChI=1S/C26H35N5O6/c1-15(2)22(33)28-18-11-7-8-12-27-25(36)21(16(3)32)31-24(35)20-14-37-26(30-20)19(29-23(18)34)13-17-9-5-4-6-10-17/h4-6,9-10,14-16,18-19,21,32H,7-8,11-13H2,1-3H3,(H,27,36)(H,28,33)(H,29,34)(H,31,35)/t16-,18+,19+,21+/m1/s1. The summed E-state index contributed by atoms with van der Waals surface area (Å²) in [5.41, 5.74) is 0.803. The van der Waals surface area contributed by atoms with Crippen LogP contribution in [0.4, 0.5) is 0 Å². The van der Waals surface area contributed by atoms with Crippen LogP contribution in [0.2, 0.25) is 0 Å². The van der Waals surface area contributed by atoms with Gasteiger partial charge in [-0.1, -0.05) is 44.2 Å². The van der Waals surface area contributed by atoms with Gasteiger partial charge in [-0.15, -0.1) is 0 Å². The number of aliphatic hydroxyl groups excluding tert-OH is 1. The van der Waals surface area contributed by atoms with E-state index in [1.807, 2.05) is 30.3 Å². The van der Waals surface area contributed by atoms with Crippen molar-refractivity contribution in [2.45, 2.75) is 70.7 Å². The Labute approximate surface area is 215 Å². The van der Waals surface area contributed by atoms with Crippen molar-refractivity contribution in [1.29, 1.82) is 0 Å². The number of carbonyl (C=O) groups excluding carboxylic acids is 4. The average Bonchev–Trinajstić information content (AvgIpc) is 3.36. The molecular formula is C26H35N5O6. The van der Waals surface area contributed by atoms with Crippen molar-refractivity contribution in [2.75, 3.05) is 6.54 Å². The summed E-state index contributed by atoms with van der Waals surface area (Å²) in [6.45, 7) is 5.17. The molecule has 4 atom stereocenters. The summed E-state index contributed by atoms with van der Waals surface area (Å²) in [5, 5.41) is 21.0. The third-order valence-corrected chi connectivity index (χ3v) is 6.08. The second-order valence-corrected chi connectivity index (χ2v) is 9.52. The zero-order valence-corrected chi connectivity index (χ0v) is 21.3. The van der Waals surface area contributed by atoms with E-state index in [9.17, 15) is 24.3 Å². The van der Waals surface area contributed by atoms with E-state index < -0.39 is 42.0 Å². The molecule has 1 aromatic carbocycles. The molecule has 0 saturated carbocycles. The van der Waals surface area contributed by atoms with Crippen molar-refractivity contribution in [3.63, 3.8) is 0 Å². The van der Waals surface area contributed by atoms with Crippen LogP contribution in [-0.4, -0.2) is 58.5 Å². The Balaban J connectivity index is 1.93. The molecule has 0 fully saturated rings. The first-order valence-corrected chi connectivity index (χ1v) is 12.5. The molecule has 37 heavy (non-hydrogen) atoms. The molecule has 0 unspecified atom stereocenters. The Hall–Kier alpha value is -3.73. The highest BCUT2D eigenvalue weighted by molar-refractivity contribution is 5.96. The van der Waals surface area contributed by atoms with Crippen LogP contribution < -0.4 is 21.3 Å². The summed E-state index contributed by atoms with van der Waals surface area (Å²) in [7, 11) is 0. The van der Waals surface area contributed by atoms with Crippen LogP contribution in [0, 0.1) is 5.92 Å². The minimum atomic E-state index is -1.18. The highest BCUT2D eigenvalue weighted by Gasteiger charge is 2.30. The summed E-state index contributed by atoms with van der Waals surface area (Å²) in [5.74, 6) is -2.10. The number of oxazole rings is 1. The van der Waals surface area contributed by atoms with Crippen LogP contribution in [-0.2, 0) is 20.8 Å². The maximum absolute atomic E-state index is 13.3. The van der Waals surface area contributed by atoms with E-state index >= 15 is 0 Å². The van der Waals surface area contributed by atoms with E-state index in [-0.39, 0.29) is 30.0 Å². The summed E-state index contributed by atoms with van der Waals surface area (Å²) in [4.78, 5) is 55.4. The summed E-state index contributed by atoms with van der Waals surface area (Å²) in [6, 6.07) is 6.69. The Morgan fingerprint density at radius 3 is 2.51 bits per heavy atom. The number of hydrogen-bond acceptors (Lipinski definition) is 7. The minimum absolute atomic E-state index is 0.0985. The first-order valence-electron chi connectivity index (χ1n) is 12.5. The second kappa shape index (κ2) is 13.0. The number of amides is 4. The van der Waals surface area contributed by atoms with Crippen molar-refractivity contribution in [3.8, 4) is 0 Å². The van der Waals surface area contributed by atoms with Crippen molar-refractivity contribution < 1.29 is 28.7 Å². The molecule has 5 N–H and O–H groups in total. The van der Waals surface area contributed by atoms with E-state index in [0.29, 0.717) is 25.7 Å². The first-order chi connectivity index (χ1) is 17.7. The molecular weight excluding hydrogens is 478 g/mol. The molecule has 11 nitrogen and oxygen atoms in total. The maximum Gasteiger partial charge on any atom is 0.273 e. The van der Waals surface area contributed by atoms with E-state index in [2.05, 4.69) is 26.3 Å². The van der Waals surface area contributed by atoms with Gasteiger partial charge in [0.15, 0.2) is 5.69 Å². The molecule has 0 aliphatic carbocycles. The fraction of sp³-hybridized carbons (Fsp3) is 0.500. The van der Waals surface area contributed by atoms with Crippen molar-refractivity contribution >= 4 is 23.6 Å². The molecule has 0 radical (unpaired) electrons. The molecule has 2 heterocycles. The topological polar surface area (TPSA) is 163 Å². The van der Waals surface area contributed by atoms with Crippen LogP contribution in [0.3, 0.4) is 0 Å². The van der Waals surface area contributed by atoms with Crippen molar-refractivity contribution in [2.24, 2.45) is 5.92 Å². The van der Waals surface area contributed by atoms with E-state index in [1.54, 1.807) is 13.8 Å². The summed E-state index contributed by atoms with van der Waals surface area (Å²) < 4.78 is 5.58. The number of nitrogens with zero attached hydrogens (tertiary/aromatic N) is 1. The molecule has 0 spiro atoms. The monoisotopic (exact) mass is 513 g/mol. The van der Waals surface area contributed by atoms with Crippen LogP contribution >= 0.6 is 0 Å². The lowest BCUT2D eigenvalue weighted by Gasteiger charge is -2.23. The van der Waals surface area contributed by atoms with Gasteiger partial charge in [-0.05, 0) is 31.7 Å². The molecule has 0 saturated heterocycles. The normalized spacial score (nSPS) is 22.5. The Morgan fingerprint density at radius 2 is 1.84 bits per heavy atom. The van der Waals surface area contributed by atoms with E-state index in [1.165, 1.54) is 6.92 Å². The van der Waals surface area contributed by atoms with Crippen molar-refractivity contribution in [3.05, 3.63) is 53.7 Å². The quantitative estimate of drug-likeness (QED) is 0.398. The van der Waals surface area contributed by atoms with Crippen LogP contribution in [0.1, 0.15) is 68.0 Å². The predicted octanol–water partition coefficient (Wildman–Crippen LogP) is 0.995. The predicted molar refractivity (Wildman–Crippen MR) is 134 cm³/mol. The molecule has 3 rings (SSSR count). The molecule has 1 aliphatic rings. The number of nitrogens with one attached hydrogen (secondary N) is 4. The molecule has 2 aromatic rings. The maximum atomic E-state index is 13.3. The Bertz CT molecular complexity index is 1080. The molecule has 1 aromatic heterocycles. The number of aliphatic hydroxyl groups is 1. The molecule has 11 heteroatoms. The van der Waals surface area contributed by atoms with Crippen LogP contribution in [0.15, 0.2) is 41.0 Å². The van der Waals surface area contributed by atoms with Gasteiger partial charge in [-0.25, -0.2) is 4.98 Å². The number of hydrogen-bond donors (Lipinski definition) is 5. The van der Waals surface area contributed by atoms with Gasteiger partial charge >= 0.3 is 0 Å². The van der Waals surface area contributed by atoms with Gasteiger partial charge in [-0.2, -0.15) is 0 Å². The third kappa shape index (κ3) is 7.88. The van der Waals surface area contributed by atoms with Gasteiger partial charge in [0, 0.05) is 18.9 Å². The highest BCUT2D eigenvalue weighted by atomic mass is 16.3. The smallest absolute Gasteiger partial charge is 0.273 e. The van der Waals surface area contributed by atoms with E-state index in [4.69, 9.17) is 4.42 Å². The molecule has 2 bridgehead atoms. The average molecular weight is 514 g/mol. The lowest BCUT2D eigenvalue weighted by molar-refractivity contribution is -0.131. The van der Waals surface area contributed by atoms with Crippen LogP contribution in [0.5, 0.6) is 0 Å². The van der Waals surface area contributed by atoms with Gasteiger partial charge in [0.25, 0.3) is 5.91 Å². The van der Waals surface area contributed by atoms with E-state index in [0.717, 1.165) is 11.8 Å². The zero-order chi connectivity index (χ0) is 26.9. The first kappa shape index (κ1) is 27.9. The van der Waals surface area contributed by atoms with Gasteiger partial charge in [0.05, 0.1) is 6.10 Å². The van der Waals surface area contributed by atoms with Crippen molar-refractivity contribution in [1.82, 2.24) is 26.3 Å². The number of fused-ring (bicyclic) bond motifs is 2. The van der Waals surface area contributed by atoms with Gasteiger partial charge in [0.1, 0.15) is 24.4 Å². The second-order valence-electron chi connectivity index (χ2n) is 9.52.